The van der Waals surface area contributed by atoms with Crippen LogP contribution in [0.1, 0.15) is 211 Å². The second-order valence-corrected chi connectivity index (χ2v) is 33.9. The number of anilines is 4. The van der Waals surface area contributed by atoms with Crippen LogP contribution < -0.4 is 14.5 Å². The lowest BCUT2D eigenvalue weighted by atomic mass is 9.76. The molecule has 0 saturated heterocycles. The van der Waals surface area contributed by atoms with E-state index in [1.807, 2.05) is 52.1 Å². The minimum Gasteiger partial charge on any atom is -0.457 e. The van der Waals surface area contributed by atoms with E-state index < -0.39 is 11.8 Å². The average molecular weight is 1270 g/mol. The standard InChI is InChI=1S/C90H100N4O2/c1-54(2)68-29-27-30-69(55(3)4)81(68)58-44-65(51-67(45-58)95-66-34-35-72-78(52-66)94(80-50-59(38-39-91-80)85(5,6)7)77-37-36-71-70-28-23-26-33-79(70)96-84(71)82(72)77)92-53-93(76-32-25-24-31-75(76)92)83-73(56-40-60(86(8,9)10)46-61(41-56)87(11,12)13)48-64(90(20,21)22)49-74(83)57-42-62(88(14,15)16)47-63(43-57)89(17,18)19/h23-52,54-55H,53H2,1-22H3/i54D,55D. The maximum Gasteiger partial charge on any atom is 0.145 e. The lowest BCUT2D eigenvalue weighted by Gasteiger charge is -2.33. The average Bonchev–Trinajstić information content (AvgIpc) is 1.55. The number of hydrogen-bond donors (Lipinski definition) is 0. The summed E-state index contributed by atoms with van der Waals surface area (Å²) >= 11 is 0. The van der Waals surface area contributed by atoms with Gasteiger partial charge < -0.3 is 19.0 Å². The quantitative estimate of drug-likeness (QED) is 0.137. The van der Waals surface area contributed by atoms with Crippen molar-refractivity contribution in [1.82, 2.24) is 9.55 Å². The molecule has 13 rings (SSSR count). The molecule has 0 atom stereocenters. The summed E-state index contributed by atoms with van der Waals surface area (Å²) in [5.74, 6) is 0.0235. The highest BCUT2D eigenvalue weighted by molar-refractivity contribution is 6.24. The van der Waals surface area contributed by atoms with E-state index in [1.54, 1.807) is 0 Å². The number of para-hydroxylation sites is 3. The smallest absolute Gasteiger partial charge is 0.145 e. The van der Waals surface area contributed by atoms with E-state index in [0.29, 0.717) is 18.2 Å². The van der Waals surface area contributed by atoms with Crippen molar-refractivity contribution in [2.45, 2.75) is 197 Å². The maximum absolute atomic E-state index is 9.78. The van der Waals surface area contributed by atoms with Gasteiger partial charge in [-0.1, -0.05) is 237 Å². The van der Waals surface area contributed by atoms with Gasteiger partial charge in [0.15, 0.2) is 0 Å². The molecule has 96 heavy (non-hydrogen) atoms. The monoisotopic (exact) mass is 1270 g/mol. The summed E-state index contributed by atoms with van der Waals surface area (Å²) in [5.41, 5.74) is 22.7. The first-order chi connectivity index (χ1) is 45.6. The molecule has 0 radical (unpaired) electrons. The van der Waals surface area contributed by atoms with E-state index in [2.05, 4.69) is 297 Å². The Morgan fingerprint density at radius 1 is 0.427 bits per heavy atom. The molecule has 0 aliphatic carbocycles. The van der Waals surface area contributed by atoms with Crippen molar-refractivity contribution < 1.29 is 11.9 Å². The Kier molecular flexibility index (Phi) is 15.4. The molecule has 3 aromatic heterocycles. The molecule has 0 fully saturated rings. The van der Waals surface area contributed by atoms with Gasteiger partial charge in [0.2, 0.25) is 0 Å². The molecule has 1 aliphatic heterocycles. The van der Waals surface area contributed by atoms with Gasteiger partial charge in [0.1, 0.15) is 35.2 Å². The molecule has 6 heteroatoms. The number of aromatic nitrogens is 2. The minimum atomic E-state index is -1.02. The maximum atomic E-state index is 9.78. The van der Waals surface area contributed by atoms with Crippen LogP contribution in [0.15, 0.2) is 187 Å². The molecule has 0 spiro atoms. The number of fused-ring (bicyclic) bond motifs is 8. The lowest BCUT2D eigenvalue weighted by molar-refractivity contribution is 0.483. The highest BCUT2D eigenvalue weighted by Crippen LogP contribution is 2.54. The Morgan fingerprint density at radius 3 is 1.48 bits per heavy atom. The number of nitrogens with zero attached hydrogens (tertiary/aromatic N) is 4. The second kappa shape index (κ2) is 23.5. The Hall–Kier alpha value is -8.87. The summed E-state index contributed by atoms with van der Waals surface area (Å²) in [6.07, 6.45) is 1.92. The van der Waals surface area contributed by atoms with Crippen molar-refractivity contribution in [1.29, 1.82) is 0 Å². The van der Waals surface area contributed by atoms with Crippen LogP contribution in [0.4, 0.5) is 22.7 Å². The van der Waals surface area contributed by atoms with Crippen LogP contribution in [0, 0.1) is 0 Å². The zero-order valence-electron chi connectivity index (χ0n) is 63.1. The summed E-state index contributed by atoms with van der Waals surface area (Å²) in [5, 5.41) is 4.17. The summed E-state index contributed by atoms with van der Waals surface area (Å²) in [6.45, 7) is 50.1. The minimum absolute atomic E-state index is 0.126. The molecule has 0 bridgehead atoms. The molecule has 1 aliphatic rings. The highest BCUT2D eigenvalue weighted by Gasteiger charge is 2.36. The first-order valence-electron chi connectivity index (χ1n) is 35.6. The van der Waals surface area contributed by atoms with Crippen LogP contribution in [-0.2, 0) is 32.5 Å². The van der Waals surface area contributed by atoms with Gasteiger partial charge in [-0.25, -0.2) is 4.98 Å². The number of hydrogen-bond acceptors (Lipinski definition) is 5. The predicted octanol–water partition coefficient (Wildman–Crippen LogP) is 26.2. The van der Waals surface area contributed by atoms with Crippen molar-refractivity contribution in [3.63, 3.8) is 0 Å². The van der Waals surface area contributed by atoms with Gasteiger partial charge in [-0.05, 0) is 190 Å². The molecular formula is C90H100N4O2. The van der Waals surface area contributed by atoms with Crippen molar-refractivity contribution in [3.8, 4) is 50.7 Å². The fourth-order valence-corrected chi connectivity index (χ4v) is 14.1. The molecule has 6 nitrogen and oxygen atoms in total. The zero-order chi connectivity index (χ0) is 70.5. The van der Waals surface area contributed by atoms with Crippen molar-refractivity contribution >= 4 is 66.5 Å². The molecule has 0 amide bonds. The van der Waals surface area contributed by atoms with E-state index in [-0.39, 0.29) is 32.5 Å². The van der Waals surface area contributed by atoms with Gasteiger partial charge in [-0.15, -0.1) is 0 Å². The van der Waals surface area contributed by atoms with Gasteiger partial charge in [-0.3, -0.25) is 4.57 Å². The molecule has 0 saturated carbocycles. The van der Waals surface area contributed by atoms with Crippen molar-refractivity contribution in [2.75, 3.05) is 16.5 Å². The van der Waals surface area contributed by atoms with Gasteiger partial charge in [0.25, 0.3) is 0 Å². The first kappa shape index (κ1) is 63.2. The second-order valence-electron chi connectivity index (χ2n) is 33.9. The Balaban J connectivity index is 1.07. The van der Waals surface area contributed by atoms with Gasteiger partial charge in [0, 0.05) is 54.0 Å². The van der Waals surface area contributed by atoms with E-state index in [0.717, 1.165) is 94.6 Å². The third kappa shape index (κ3) is 12.1. The summed E-state index contributed by atoms with van der Waals surface area (Å²) < 4.78 is 36.1. The van der Waals surface area contributed by atoms with Crippen LogP contribution in [0.25, 0.3) is 82.9 Å². The van der Waals surface area contributed by atoms with Crippen LogP contribution in [-0.4, -0.2) is 16.2 Å². The van der Waals surface area contributed by atoms with Crippen LogP contribution >= 0.6 is 0 Å². The Labute approximate surface area is 575 Å². The van der Waals surface area contributed by atoms with E-state index in [1.165, 1.54) is 55.6 Å². The third-order valence-corrected chi connectivity index (χ3v) is 19.9. The van der Waals surface area contributed by atoms with Gasteiger partial charge in [-0.2, -0.15) is 0 Å². The number of furan rings is 1. The van der Waals surface area contributed by atoms with Gasteiger partial charge >= 0.3 is 0 Å². The molecule has 4 heterocycles. The molecule has 0 unspecified atom stereocenters. The van der Waals surface area contributed by atoms with E-state index >= 15 is 0 Å². The summed E-state index contributed by atoms with van der Waals surface area (Å²) in [7, 11) is 0. The predicted molar refractivity (Wildman–Crippen MR) is 411 cm³/mol. The van der Waals surface area contributed by atoms with Crippen LogP contribution in [0.3, 0.4) is 0 Å². The SMILES string of the molecule is [2H]C(C)(C)c1cccc(C([2H])(C)C)c1-c1cc(Oc2ccc3c4c5oc6ccccc6c5ccc4n(-c4cc(C(C)(C)C)ccn4)c3c2)cc(N2CN(c3c(-c4cc(C(C)(C)C)cc(C(C)(C)C)c4)cc(C(C)(C)C)cc3-c3cc(C(C)(C)C)cc(C(C)(C)C)c3)c3ccccc32)c1. The van der Waals surface area contributed by atoms with Gasteiger partial charge in [0.05, 0.1) is 33.5 Å². The Morgan fingerprint density at radius 2 is 0.938 bits per heavy atom. The normalized spacial score (nSPS) is 14.1. The van der Waals surface area contributed by atoms with Crippen LogP contribution in [0.5, 0.6) is 11.5 Å². The van der Waals surface area contributed by atoms with E-state index in [4.69, 9.17) is 14.1 Å². The number of pyridine rings is 1. The molecule has 0 N–H and O–H groups in total. The fourth-order valence-electron chi connectivity index (χ4n) is 14.1. The zero-order valence-corrected chi connectivity index (χ0v) is 61.1. The molecule has 9 aromatic carbocycles. The fraction of sp³-hybridized carbons (Fsp3) is 0.344. The number of ether oxygens (including phenoxy) is 1. The Bertz CT molecular complexity index is 4940. The highest BCUT2D eigenvalue weighted by atomic mass is 16.5. The largest absolute Gasteiger partial charge is 0.457 e. The lowest BCUT2D eigenvalue weighted by Crippen LogP contribution is -2.26. The number of rotatable bonds is 10. The molecular weight excluding hydrogens is 1170 g/mol. The molecule has 492 valence electrons. The first-order valence-corrected chi connectivity index (χ1v) is 34.6. The third-order valence-electron chi connectivity index (χ3n) is 19.9. The molecule has 12 aromatic rings. The van der Waals surface area contributed by atoms with Crippen molar-refractivity contribution in [2.24, 2.45) is 0 Å². The topological polar surface area (TPSA) is 46.7 Å². The van der Waals surface area contributed by atoms with Crippen LogP contribution in [0.2, 0.25) is 0 Å². The summed E-state index contributed by atoms with van der Waals surface area (Å²) in [4.78, 5) is 10.1. The number of benzene rings is 9. The van der Waals surface area contributed by atoms with Crippen molar-refractivity contribution in [3.05, 3.63) is 227 Å². The van der Waals surface area contributed by atoms with E-state index in [9.17, 15) is 2.74 Å². The summed E-state index contributed by atoms with van der Waals surface area (Å²) in [6, 6.07) is 64.7.